The second-order valence-electron chi connectivity index (χ2n) is 6.82. The Morgan fingerprint density at radius 3 is 1.97 bits per heavy atom. The number of ether oxygens (including phenoxy) is 3. The van der Waals surface area contributed by atoms with E-state index in [0.717, 1.165) is 0 Å². The van der Waals surface area contributed by atoms with Gasteiger partial charge in [0.15, 0.2) is 12.4 Å². The van der Waals surface area contributed by atoms with Gasteiger partial charge in [-0.15, -0.1) is 25.7 Å². The summed E-state index contributed by atoms with van der Waals surface area (Å²) in [6.45, 7) is 3.75. The Bertz CT molecular complexity index is 718. The van der Waals surface area contributed by atoms with Gasteiger partial charge in [-0.1, -0.05) is 23.7 Å². The first-order valence-corrected chi connectivity index (χ1v) is 10.1. The first kappa shape index (κ1) is 29.0. The lowest BCUT2D eigenvalue weighted by atomic mass is 10.3. The van der Waals surface area contributed by atoms with E-state index in [4.69, 9.17) is 39.9 Å². The van der Waals surface area contributed by atoms with Crippen LogP contribution in [0.3, 0.4) is 0 Å². The Morgan fingerprint density at radius 2 is 1.47 bits per heavy atom. The molecule has 0 bridgehead atoms. The number of carbonyl (C=O) groups excluding carboxylic acids is 1. The van der Waals surface area contributed by atoms with Crippen molar-refractivity contribution >= 4 is 5.97 Å². The predicted octanol–water partition coefficient (Wildman–Crippen LogP) is 0.0789. The third kappa shape index (κ3) is 14.9. The fourth-order valence-corrected chi connectivity index (χ4v) is 2.46. The van der Waals surface area contributed by atoms with E-state index in [1.54, 1.807) is 16.7 Å². The van der Waals surface area contributed by atoms with Gasteiger partial charge in [0.25, 0.3) is 0 Å². The number of hydrogen-bond donors (Lipinski definition) is 1. The topological polar surface area (TPSA) is 95.3 Å². The molecule has 1 N–H and O–H groups in total. The molecule has 0 aliphatic heterocycles. The van der Waals surface area contributed by atoms with Gasteiger partial charge in [-0.3, -0.25) is 14.6 Å². The van der Waals surface area contributed by atoms with Crippen LogP contribution in [-0.4, -0.2) is 91.9 Å². The largest absolute Gasteiger partial charge is 0.460 e. The summed E-state index contributed by atoms with van der Waals surface area (Å²) in [5.41, 5.74) is 0. The van der Waals surface area contributed by atoms with Crippen LogP contribution >= 0.6 is 0 Å². The summed E-state index contributed by atoms with van der Waals surface area (Å²) in [5.74, 6) is 9.52. The average molecular weight is 442 g/mol. The van der Waals surface area contributed by atoms with Crippen molar-refractivity contribution in [1.82, 2.24) is 9.80 Å². The average Bonchev–Trinajstić information content (AvgIpc) is 2.76. The molecule has 8 nitrogen and oxygen atoms in total. The second kappa shape index (κ2) is 18.7. The molecule has 3 unspecified atom stereocenters. The van der Waals surface area contributed by atoms with Gasteiger partial charge < -0.3 is 19.3 Å². The molecule has 0 saturated heterocycles. The van der Waals surface area contributed by atoms with Crippen molar-refractivity contribution in [2.45, 2.75) is 38.3 Å². The van der Waals surface area contributed by atoms with Crippen LogP contribution < -0.4 is 0 Å². The Hall–Kier alpha value is -3.00. The maximum absolute atomic E-state index is 12.0. The monoisotopic (exact) mass is 441 g/mol. The molecule has 0 saturated carbocycles. The van der Waals surface area contributed by atoms with Gasteiger partial charge in [-0.25, -0.2) is 0 Å². The number of aliphatic hydroxyl groups excluding tert-OH is 1. The molecule has 8 heteroatoms. The summed E-state index contributed by atoms with van der Waals surface area (Å²) in [4.78, 5) is 15.5. The number of hydrogen-bond acceptors (Lipinski definition) is 8. The van der Waals surface area contributed by atoms with Gasteiger partial charge in [0, 0.05) is 19.5 Å². The summed E-state index contributed by atoms with van der Waals surface area (Å²) in [6.07, 6.45) is 18.9. The lowest BCUT2D eigenvalue weighted by molar-refractivity contribution is -0.155. The van der Waals surface area contributed by atoms with Crippen LogP contribution in [0.15, 0.2) is 0 Å². The lowest BCUT2D eigenvalue weighted by Crippen LogP contribution is -2.32. The standard InChI is InChI=1S/C24H31N3O5/c1-6-12-26(13-7-2)16-10-23(28)31-20-22(18-25)30-19-21(5)32-24(29)11-17-27(14-8-3)15-9-4/h1-4,21-23,28H,10-17,19-20H2,5H3. The second-order valence-corrected chi connectivity index (χ2v) is 6.82. The molecular formula is C24H31N3O5. The molecule has 172 valence electrons. The van der Waals surface area contributed by atoms with E-state index in [1.807, 2.05) is 6.07 Å². The number of terminal acetylenes is 4. The van der Waals surface area contributed by atoms with E-state index < -0.39 is 24.5 Å². The molecule has 0 rings (SSSR count). The van der Waals surface area contributed by atoms with Gasteiger partial charge in [0.05, 0.1) is 51.9 Å². The highest BCUT2D eigenvalue weighted by Crippen LogP contribution is 2.04. The van der Waals surface area contributed by atoms with E-state index in [0.29, 0.717) is 39.3 Å². The van der Waals surface area contributed by atoms with E-state index in [1.165, 1.54) is 0 Å². The first-order chi connectivity index (χ1) is 15.4. The molecule has 0 spiro atoms. The quantitative estimate of drug-likeness (QED) is 0.193. The van der Waals surface area contributed by atoms with Crippen molar-refractivity contribution in [1.29, 1.82) is 5.26 Å². The van der Waals surface area contributed by atoms with Crippen LogP contribution in [0.2, 0.25) is 0 Å². The highest BCUT2D eigenvalue weighted by Gasteiger charge is 2.17. The predicted molar refractivity (Wildman–Crippen MR) is 120 cm³/mol. The smallest absolute Gasteiger partial charge is 0.307 e. The van der Waals surface area contributed by atoms with E-state index in [9.17, 15) is 15.2 Å². The maximum atomic E-state index is 12.0. The SMILES string of the molecule is C#CCN(CC#C)CCC(=O)OC(C)COC(C#N)COC(O)CCN(CC#C)CC#C. The maximum Gasteiger partial charge on any atom is 0.307 e. The minimum Gasteiger partial charge on any atom is -0.460 e. The Labute approximate surface area is 191 Å². The molecule has 0 aliphatic carbocycles. The Morgan fingerprint density at radius 1 is 0.938 bits per heavy atom. The number of esters is 1. The summed E-state index contributed by atoms with van der Waals surface area (Å²) in [7, 11) is 0. The van der Waals surface area contributed by atoms with Crippen LogP contribution in [0.25, 0.3) is 0 Å². The Balaban J connectivity index is 4.22. The van der Waals surface area contributed by atoms with Crippen LogP contribution in [0.5, 0.6) is 0 Å². The zero-order valence-corrected chi connectivity index (χ0v) is 18.5. The normalized spacial score (nSPS) is 13.1. The van der Waals surface area contributed by atoms with E-state index in [-0.39, 0.29) is 26.1 Å². The molecule has 0 aromatic carbocycles. The van der Waals surface area contributed by atoms with Crippen molar-refractivity contribution in [3.8, 4) is 55.4 Å². The van der Waals surface area contributed by atoms with E-state index >= 15 is 0 Å². The molecule has 0 fully saturated rings. The summed E-state index contributed by atoms with van der Waals surface area (Å²) < 4.78 is 15.9. The van der Waals surface area contributed by atoms with Gasteiger partial charge >= 0.3 is 5.97 Å². The van der Waals surface area contributed by atoms with Crippen molar-refractivity contribution in [3.05, 3.63) is 0 Å². The number of nitriles is 1. The first-order valence-electron chi connectivity index (χ1n) is 10.1. The summed E-state index contributed by atoms with van der Waals surface area (Å²) in [5, 5.41) is 19.1. The lowest BCUT2D eigenvalue weighted by Gasteiger charge is -2.21. The number of carbonyl (C=O) groups is 1. The van der Waals surface area contributed by atoms with Gasteiger partial charge in [-0.05, 0) is 6.92 Å². The number of rotatable bonds is 17. The van der Waals surface area contributed by atoms with Crippen molar-refractivity contribution in [2.75, 3.05) is 52.5 Å². The van der Waals surface area contributed by atoms with Gasteiger partial charge in [0.2, 0.25) is 0 Å². The molecular weight excluding hydrogens is 410 g/mol. The molecule has 3 atom stereocenters. The van der Waals surface area contributed by atoms with E-state index in [2.05, 4.69) is 23.7 Å². The minimum absolute atomic E-state index is 0.0000358. The summed E-state index contributed by atoms with van der Waals surface area (Å²) in [6, 6.07) is 1.93. The number of nitrogens with zero attached hydrogens (tertiary/aromatic N) is 3. The van der Waals surface area contributed by atoms with Crippen LogP contribution in [0.1, 0.15) is 19.8 Å². The Kier molecular flexibility index (Phi) is 17.0. The minimum atomic E-state index is -1.10. The molecule has 0 aliphatic rings. The summed E-state index contributed by atoms with van der Waals surface area (Å²) >= 11 is 0. The molecule has 0 heterocycles. The van der Waals surface area contributed by atoms with Crippen molar-refractivity contribution < 1.29 is 24.1 Å². The third-order valence-electron chi connectivity index (χ3n) is 4.03. The fourth-order valence-electron chi connectivity index (χ4n) is 2.46. The van der Waals surface area contributed by atoms with Crippen LogP contribution in [0.4, 0.5) is 0 Å². The third-order valence-corrected chi connectivity index (χ3v) is 4.03. The van der Waals surface area contributed by atoms with Crippen LogP contribution in [-0.2, 0) is 19.0 Å². The number of aliphatic hydroxyl groups is 1. The zero-order chi connectivity index (χ0) is 24.2. The molecule has 0 amide bonds. The van der Waals surface area contributed by atoms with Crippen molar-refractivity contribution in [2.24, 2.45) is 0 Å². The molecule has 0 aromatic heterocycles. The van der Waals surface area contributed by atoms with Gasteiger partial charge in [0.1, 0.15) is 6.10 Å². The van der Waals surface area contributed by atoms with Crippen LogP contribution in [0, 0.1) is 60.7 Å². The fraction of sp³-hybridized carbons (Fsp3) is 0.583. The highest BCUT2D eigenvalue weighted by molar-refractivity contribution is 5.69. The molecule has 0 aromatic rings. The zero-order valence-electron chi connectivity index (χ0n) is 18.5. The van der Waals surface area contributed by atoms with Crippen molar-refractivity contribution in [3.63, 3.8) is 0 Å². The molecule has 0 radical (unpaired) electrons. The highest BCUT2D eigenvalue weighted by atomic mass is 16.6. The molecule has 32 heavy (non-hydrogen) atoms. The van der Waals surface area contributed by atoms with Gasteiger partial charge in [-0.2, -0.15) is 5.26 Å².